The van der Waals surface area contributed by atoms with Gasteiger partial charge < -0.3 is 9.80 Å². The lowest BCUT2D eigenvalue weighted by Gasteiger charge is -2.40. The fraction of sp³-hybridized carbons (Fsp3) is 0.290. The molecule has 1 fully saturated rings. The maximum absolute atomic E-state index is 12.7. The molecule has 0 aliphatic carbocycles. The van der Waals surface area contributed by atoms with Gasteiger partial charge in [0.15, 0.2) is 5.17 Å². The Morgan fingerprint density at radius 1 is 0.838 bits per heavy atom. The molecule has 6 heteroatoms. The molecule has 0 N–H and O–H groups in total. The summed E-state index contributed by atoms with van der Waals surface area (Å²) in [5, 5.41) is 0.826. The second-order valence-corrected chi connectivity index (χ2v) is 10.3. The highest BCUT2D eigenvalue weighted by atomic mass is 32.2. The van der Waals surface area contributed by atoms with Gasteiger partial charge in [0.1, 0.15) is 0 Å². The molecule has 2 aliphatic rings. The fourth-order valence-electron chi connectivity index (χ4n) is 5.11. The second kappa shape index (κ2) is 11.8. The minimum absolute atomic E-state index is 0.137. The number of amidine groups is 1. The van der Waals surface area contributed by atoms with E-state index in [1.165, 1.54) is 28.6 Å². The molecular formula is C31H34N4OS. The first-order chi connectivity index (χ1) is 18.2. The molecule has 2 aliphatic heterocycles. The summed E-state index contributed by atoms with van der Waals surface area (Å²) < 4.78 is 0. The van der Waals surface area contributed by atoms with Gasteiger partial charge in [0.05, 0.1) is 10.9 Å². The van der Waals surface area contributed by atoms with Crippen LogP contribution in [0, 0.1) is 0 Å². The topological polar surface area (TPSA) is 39.1 Å². The third kappa shape index (κ3) is 5.81. The minimum Gasteiger partial charge on any atom is -0.372 e. The highest BCUT2D eigenvalue weighted by Crippen LogP contribution is 2.33. The van der Waals surface area contributed by atoms with E-state index in [2.05, 4.69) is 118 Å². The number of piperazine rings is 1. The highest BCUT2D eigenvalue weighted by molar-refractivity contribution is 8.18. The molecule has 1 saturated heterocycles. The predicted octanol–water partition coefficient (Wildman–Crippen LogP) is 5.91. The van der Waals surface area contributed by atoms with E-state index in [-0.39, 0.29) is 11.9 Å². The van der Waals surface area contributed by atoms with Crippen molar-refractivity contribution in [2.45, 2.75) is 19.9 Å². The van der Waals surface area contributed by atoms with E-state index in [9.17, 15) is 4.79 Å². The Morgan fingerprint density at radius 3 is 1.95 bits per heavy atom. The Kier molecular flexibility index (Phi) is 8.07. The molecule has 0 atom stereocenters. The molecule has 190 valence electrons. The predicted molar refractivity (Wildman–Crippen MR) is 156 cm³/mol. The lowest BCUT2D eigenvalue weighted by atomic mass is 9.96. The fourth-order valence-corrected chi connectivity index (χ4v) is 6.08. The third-order valence-corrected chi connectivity index (χ3v) is 8.15. The SMILES string of the molecule is CCN(CC)c1ccc(C=C2SC(N3CCN(C(c4ccccc4)c4ccccc4)CC3)=NC2=O)cc1. The highest BCUT2D eigenvalue weighted by Gasteiger charge is 2.31. The van der Waals surface area contributed by atoms with E-state index in [1.807, 2.05) is 6.08 Å². The molecule has 0 unspecified atom stereocenters. The van der Waals surface area contributed by atoms with Crippen molar-refractivity contribution in [3.63, 3.8) is 0 Å². The van der Waals surface area contributed by atoms with Gasteiger partial charge in [-0.25, -0.2) is 0 Å². The zero-order valence-corrected chi connectivity index (χ0v) is 22.4. The number of benzene rings is 3. The van der Waals surface area contributed by atoms with Crippen molar-refractivity contribution in [1.29, 1.82) is 0 Å². The molecule has 0 bridgehead atoms. The smallest absolute Gasteiger partial charge is 0.286 e. The van der Waals surface area contributed by atoms with Crippen molar-refractivity contribution in [3.05, 3.63) is 107 Å². The van der Waals surface area contributed by atoms with Crippen LogP contribution in [-0.2, 0) is 4.79 Å². The molecule has 0 aromatic heterocycles. The molecule has 1 amide bonds. The van der Waals surface area contributed by atoms with E-state index in [1.54, 1.807) is 0 Å². The number of rotatable bonds is 7. The molecule has 0 saturated carbocycles. The summed E-state index contributed by atoms with van der Waals surface area (Å²) in [6.07, 6.45) is 1.96. The molecule has 3 aromatic rings. The Hall–Kier alpha value is -3.35. The lowest BCUT2D eigenvalue weighted by Crippen LogP contribution is -2.49. The number of thioether (sulfide) groups is 1. The van der Waals surface area contributed by atoms with Crippen LogP contribution >= 0.6 is 11.8 Å². The molecular weight excluding hydrogens is 476 g/mol. The monoisotopic (exact) mass is 510 g/mol. The number of nitrogens with zero attached hydrogens (tertiary/aromatic N) is 4. The summed E-state index contributed by atoms with van der Waals surface area (Å²) in [6, 6.07) is 30.1. The van der Waals surface area contributed by atoms with E-state index in [0.717, 1.165) is 50.0 Å². The molecule has 0 spiro atoms. The quantitative estimate of drug-likeness (QED) is 0.370. The van der Waals surface area contributed by atoms with Crippen LogP contribution in [0.4, 0.5) is 5.69 Å². The summed E-state index contributed by atoms with van der Waals surface area (Å²) in [6.45, 7) is 9.80. The van der Waals surface area contributed by atoms with Crippen molar-refractivity contribution in [2.75, 3.05) is 44.2 Å². The van der Waals surface area contributed by atoms with Crippen LogP contribution in [0.3, 0.4) is 0 Å². The van der Waals surface area contributed by atoms with Gasteiger partial charge in [0.25, 0.3) is 5.91 Å². The van der Waals surface area contributed by atoms with Crippen LogP contribution in [0.2, 0.25) is 0 Å². The maximum Gasteiger partial charge on any atom is 0.286 e. The molecule has 5 nitrogen and oxygen atoms in total. The Labute approximate surface area is 224 Å². The van der Waals surface area contributed by atoms with Crippen LogP contribution < -0.4 is 4.90 Å². The van der Waals surface area contributed by atoms with E-state index in [0.29, 0.717) is 4.91 Å². The van der Waals surface area contributed by atoms with Crippen LogP contribution in [0.1, 0.15) is 36.6 Å². The van der Waals surface area contributed by atoms with E-state index in [4.69, 9.17) is 0 Å². The van der Waals surface area contributed by atoms with Gasteiger partial charge in [-0.1, -0.05) is 72.8 Å². The number of hydrogen-bond acceptors (Lipinski definition) is 5. The van der Waals surface area contributed by atoms with Crippen LogP contribution in [-0.4, -0.2) is 60.1 Å². The second-order valence-electron chi connectivity index (χ2n) is 9.32. The summed E-state index contributed by atoms with van der Waals surface area (Å²) >= 11 is 1.50. The van der Waals surface area contributed by atoms with Gasteiger partial charge in [-0.3, -0.25) is 9.69 Å². The standard InChI is InChI=1S/C31H34N4OS/c1-3-33(4-2)27-17-15-24(16-18-27)23-28-30(36)32-31(37-28)35-21-19-34(20-22-35)29(25-11-7-5-8-12-25)26-13-9-6-10-14-26/h5-18,23,29H,3-4,19-22H2,1-2H3. The summed E-state index contributed by atoms with van der Waals surface area (Å²) in [5.74, 6) is -0.137. The zero-order chi connectivity index (χ0) is 25.6. The average Bonchev–Trinajstić information content (AvgIpc) is 3.32. The van der Waals surface area contributed by atoms with Crippen LogP contribution in [0.5, 0.6) is 0 Å². The third-order valence-electron chi connectivity index (χ3n) is 7.11. The lowest BCUT2D eigenvalue weighted by molar-refractivity contribution is -0.113. The van der Waals surface area contributed by atoms with Gasteiger partial charge in [-0.2, -0.15) is 4.99 Å². The van der Waals surface area contributed by atoms with Crippen molar-refractivity contribution in [1.82, 2.24) is 9.80 Å². The average molecular weight is 511 g/mol. The number of amides is 1. The molecule has 0 radical (unpaired) electrons. The molecule has 2 heterocycles. The number of carbonyl (C=O) groups excluding carboxylic acids is 1. The first-order valence-corrected chi connectivity index (χ1v) is 13.9. The zero-order valence-electron chi connectivity index (χ0n) is 21.6. The van der Waals surface area contributed by atoms with E-state index < -0.39 is 0 Å². The van der Waals surface area contributed by atoms with Gasteiger partial charge in [-0.05, 0) is 60.5 Å². The Morgan fingerprint density at radius 2 is 1.41 bits per heavy atom. The van der Waals surface area contributed by atoms with Crippen LogP contribution in [0.15, 0.2) is 94.8 Å². The minimum atomic E-state index is -0.137. The first-order valence-electron chi connectivity index (χ1n) is 13.1. The summed E-state index contributed by atoms with van der Waals surface area (Å²) in [5.41, 5.74) is 4.85. The molecule has 3 aromatic carbocycles. The van der Waals surface area contributed by atoms with Crippen LogP contribution in [0.25, 0.3) is 6.08 Å². The maximum atomic E-state index is 12.7. The first kappa shape index (κ1) is 25.3. The normalized spacial score (nSPS) is 17.5. The van der Waals surface area contributed by atoms with Gasteiger partial charge in [0, 0.05) is 45.0 Å². The number of aliphatic imine (C=N–C) groups is 1. The summed E-state index contributed by atoms with van der Waals surface area (Å²) in [4.78, 5) is 24.9. The number of hydrogen-bond donors (Lipinski definition) is 0. The van der Waals surface area contributed by atoms with Crippen molar-refractivity contribution < 1.29 is 4.79 Å². The summed E-state index contributed by atoms with van der Waals surface area (Å²) in [7, 11) is 0. The van der Waals surface area contributed by atoms with Crippen molar-refractivity contribution in [3.8, 4) is 0 Å². The molecule has 5 rings (SSSR count). The number of anilines is 1. The van der Waals surface area contributed by atoms with Gasteiger partial charge in [-0.15, -0.1) is 0 Å². The van der Waals surface area contributed by atoms with E-state index >= 15 is 0 Å². The van der Waals surface area contributed by atoms with Gasteiger partial charge >= 0.3 is 0 Å². The Bertz CT molecular complexity index is 1210. The van der Waals surface area contributed by atoms with Gasteiger partial charge in [0.2, 0.25) is 0 Å². The Balaban J connectivity index is 1.24. The van der Waals surface area contributed by atoms with Crippen molar-refractivity contribution >= 4 is 34.6 Å². The molecule has 37 heavy (non-hydrogen) atoms. The number of carbonyl (C=O) groups is 1. The van der Waals surface area contributed by atoms with Crippen molar-refractivity contribution in [2.24, 2.45) is 4.99 Å². The largest absolute Gasteiger partial charge is 0.372 e.